The molecule has 2 bridgehead atoms. The van der Waals surface area contributed by atoms with Crippen molar-refractivity contribution in [3.05, 3.63) is 24.0 Å². The normalized spacial score (nSPS) is 38.0. The van der Waals surface area contributed by atoms with Crippen molar-refractivity contribution in [3.8, 4) is 5.75 Å². The summed E-state index contributed by atoms with van der Waals surface area (Å²) in [6.07, 6.45) is 7.02. The van der Waals surface area contributed by atoms with Crippen LogP contribution < -0.4 is 10.1 Å². The third kappa shape index (κ3) is 1.82. The molecule has 0 amide bonds. The Morgan fingerprint density at radius 1 is 1.15 bits per heavy atom. The van der Waals surface area contributed by atoms with Gasteiger partial charge in [-0.05, 0) is 61.5 Å². The molecule has 1 aromatic carbocycles. The Labute approximate surface area is 119 Å². The second-order valence-corrected chi connectivity index (χ2v) is 6.75. The Balaban J connectivity index is 1.50. The molecule has 2 nitrogen and oxygen atoms in total. The Hall–Kier alpha value is -1.25. The summed E-state index contributed by atoms with van der Waals surface area (Å²) in [5.41, 5.74) is 0.996. The summed E-state index contributed by atoms with van der Waals surface area (Å²) in [7, 11) is 1.52. The predicted octanol–water partition coefficient (Wildman–Crippen LogP) is 4.07. The number of hydrogen-bond donors (Lipinski definition) is 1. The third-order valence-electron chi connectivity index (χ3n) is 5.93. The first-order valence-corrected chi connectivity index (χ1v) is 7.86. The van der Waals surface area contributed by atoms with Gasteiger partial charge in [0.15, 0.2) is 11.6 Å². The molecule has 0 radical (unpaired) electrons. The van der Waals surface area contributed by atoms with E-state index in [9.17, 15) is 4.39 Å². The molecule has 3 aliphatic rings. The van der Waals surface area contributed by atoms with Crippen molar-refractivity contribution in [2.24, 2.45) is 23.7 Å². The highest BCUT2D eigenvalue weighted by Gasteiger charge is 2.53. The molecule has 0 spiro atoms. The first-order chi connectivity index (χ1) is 9.76. The minimum atomic E-state index is -0.290. The van der Waals surface area contributed by atoms with E-state index in [0.29, 0.717) is 11.8 Å². The van der Waals surface area contributed by atoms with Gasteiger partial charge >= 0.3 is 0 Å². The molecule has 20 heavy (non-hydrogen) atoms. The van der Waals surface area contributed by atoms with E-state index in [1.807, 2.05) is 6.07 Å². The summed E-state index contributed by atoms with van der Waals surface area (Å²) in [5.74, 6) is 3.78. The number of ether oxygens (including phenoxy) is 1. The average molecular weight is 275 g/mol. The maximum atomic E-state index is 13.5. The van der Waals surface area contributed by atoms with Crippen LogP contribution in [0, 0.1) is 29.5 Å². The molecular weight excluding hydrogens is 253 g/mol. The molecule has 5 atom stereocenters. The number of anilines is 1. The van der Waals surface area contributed by atoms with Crippen LogP contribution in [0.3, 0.4) is 0 Å². The fourth-order valence-corrected chi connectivity index (χ4v) is 5.20. The molecule has 1 N–H and O–H groups in total. The van der Waals surface area contributed by atoms with Gasteiger partial charge in [-0.3, -0.25) is 0 Å². The minimum Gasteiger partial charge on any atom is -0.494 e. The summed E-state index contributed by atoms with van der Waals surface area (Å²) in [4.78, 5) is 0. The van der Waals surface area contributed by atoms with Crippen LogP contribution in [0.25, 0.3) is 0 Å². The number of methoxy groups -OCH3 is 1. The lowest BCUT2D eigenvalue weighted by Gasteiger charge is -2.32. The van der Waals surface area contributed by atoms with Crippen LogP contribution in [-0.4, -0.2) is 13.2 Å². The van der Waals surface area contributed by atoms with E-state index in [1.165, 1.54) is 45.3 Å². The van der Waals surface area contributed by atoms with E-state index in [1.54, 1.807) is 6.07 Å². The molecule has 3 fully saturated rings. The Kier molecular flexibility index (Phi) is 2.90. The van der Waals surface area contributed by atoms with E-state index < -0.39 is 0 Å². The van der Waals surface area contributed by atoms with Crippen molar-refractivity contribution in [1.29, 1.82) is 0 Å². The Morgan fingerprint density at radius 2 is 2.00 bits per heavy atom. The predicted molar refractivity (Wildman–Crippen MR) is 77.4 cm³/mol. The summed E-state index contributed by atoms with van der Waals surface area (Å²) < 4.78 is 18.5. The van der Waals surface area contributed by atoms with Gasteiger partial charge in [0.2, 0.25) is 0 Å². The zero-order valence-corrected chi connectivity index (χ0v) is 11.9. The number of halogens is 1. The zero-order valence-electron chi connectivity index (χ0n) is 11.9. The zero-order chi connectivity index (χ0) is 13.7. The lowest BCUT2D eigenvalue weighted by molar-refractivity contribution is 0.243. The molecule has 1 aromatic rings. The number of rotatable bonds is 3. The monoisotopic (exact) mass is 275 g/mol. The first-order valence-electron chi connectivity index (χ1n) is 7.86. The highest BCUT2D eigenvalue weighted by Crippen LogP contribution is 2.59. The molecule has 5 unspecified atom stereocenters. The fourth-order valence-electron chi connectivity index (χ4n) is 5.20. The largest absolute Gasteiger partial charge is 0.494 e. The van der Waals surface area contributed by atoms with Crippen LogP contribution in [0.1, 0.15) is 32.1 Å². The maximum absolute atomic E-state index is 13.5. The van der Waals surface area contributed by atoms with Gasteiger partial charge in [-0.2, -0.15) is 0 Å². The first kappa shape index (κ1) is 12.5. The van der Waals surface area contributed by atoms with Gasteiger partial charge in [-0.15, -0.1) is 0 Å². The highest BCUT2D eigenvalue weighted by molar-refractivity contribution is 5.50. The van der Waals surface area contributed by atoms with Crippen LogP contribution >= 0.6 is 0 Å². The van der Waals surface area contributed by atoms with Gasteiger partial charge < -0.3 is 10.1 Å². The average Bonchev–Trinajstić information content (AvgIpc) is 3.12. The van der Waals surface area contributed by atoms with E-state index in [-0.39, 0.29) is 5.82 Å². The molecular formula is C17H22FNO. The van der Waals surface area contributed by atoms with Crippen LogP contribution in [0.4, 0.5) is 10.1 Å². The lowest BCUT2D eigenvalue weighted by atomic mass is 9.79. The third-order valence-corrected chi connectivity index (χ3v) is 5.93. The second-order valence-electron chi connectivity index (χ2n) is 6.75. The van der Waals surface area contributed by atoms with E-state index in [2.05, 4.69) is 5.32 Å². The molecule has 0 saturated heterocycles. The minimum absolute atomic E-state index is 0.290. The van der Waals surface area contributed by atoms with Gasteiger partial charge in [0.05, 0.1) is 7.11 Å². The summed E-state index contributed by atoms with van der Waals surface area (Å²) in [5, 5.41) is 3.64. The number of nitrogens with one attached hydrogen (secondary N) is 1. The lowest BCUT2D eigenvalue weighted by Crippen LogP contribution is -2.33. The van der Waals surface area contributed by atoms with Gasteiger partial charge in [0.1, 0.15) is 0 Å². The molecule has 0 heterocycles. The number of hydrogen-bond acceptors (Lipinski definition) is 2. The fraction of sp³-hybridized carbons (Fsp3) is 0.647. The van der Waals surface area contributed by atoms with E-state index >= 15 is 0 Å². The van der Waals surface area contributed by atoms with Gasteiger partial charge in [0, 0.05) is 17.8 Å². The van der Waals surface area contributed by atoms with Crippen molar-refractivity contribution in [1.82, 2.24) is 0 Å². The van der Waals surface area contributed by atoms with Crippen molar-refractivity contribution in [3.63, 3.8) is 0 Å². The quantitative estimate of drug-likeness (QED) is 0.897. The molecule has 3 heteroatoms. The smallest absolute Gasteiger partial charge is 0.165 e. The van der Waals surface area contributed by atoms with Gasteiger partial charge in [-0.25, -0.2) is 4.39 Å². The molecule has 4 rings (SSSR count). The SMILES string of the molecule is COc1cc(NC2CC3CC2C2CCCC32)ccc1F. The van der Waals surface area contributed by atoms with E-state index in [4.69, 9.17) is 4.74 Å². The maximum Gasteiger partial charge on any atom is 0.165 e. The van der Waals surface area contributed by atoms with Crippen LogP contribution in [0.15, 0.2) is 18.2 Å². The van der Waals surface area contributed by atoms with Gasteiger partial charge in [-0.1, -0.05) is 6.42 Å². The highest BCUT2D eigenvalue weighted by atomic mass is 19.1. The van der Waals surface area contributed by atoms with Crippen molar-refractivity contribution in [2.45, 2.75) is 38.1 Å². The summed E-state index contributed by atoms with van der Waals surface area (Å²) >= 11 is 0. The van der Waals surface area contributed by atoms with E-state index in [0.717, 1.165) is 29.4 Å². The van der Waals surface area contributed by atoms with Crippen molar-refractivity contribution >= 4 is 5.69 Å². The summed E-state index contributed by atoms with van der Waals surface area (Å²) in [6, 6.07) is 5.69. The molecule has 3 aliphatic carbocycles. The molecule has 108 valence electrons. The van der Waals surface area contributed by atoms with Crippen molar-refractivity contribution < 1.29 is 9.13 Å². The van der Waals surface area contributed by atoms with Crippen LogP contribution in [0.2, 0.25) is 0 Å². The number of fused-ring (bicyclic) bond motifs is 5. The molecule has 0 aromatic heterocycles. The summed E-state index contributed by atoms with van der Waals surface area (Å²) in [6.45, 7) is 0. The van der Waals surface area contributed by atoms with Crippen LogP contribution in [0.5, 0.6) is 5.75 Å². The van der Waals surface area contributed by atoms with Crippen molar-refractivity contribution in [2.75, 3.05) is 12.4 Å². The Bertz CT molecular complexity index is 518. The Morgan fingerprint density at radius 3 is 2.85 bits per heavy atom. The molecule has 0 aliphatic heterocycles. The van der Waals surface area contributed by atoms with Crippen LogP contribution in [-0.2, 0) is 0 Å². The van der Waals surface area contributed by atoms with Gasteiger partial charge in [0.25, 0.3) is 0 Å². The topological polar surface area (TPSA) is 21.3 Å². The molecule has 3 saturated carbocycles. The number of benzene rings is 1. The second kappa shape index (κ2) is 4.64. The standard InChI is InChI=1S/C17H22FNO/c1-20-17-9-11(5-6-15(17)18)19-16-8-10-7-14(16)13-4-2-3-12(10)13/h5-6,9-10,12-14,16,19H,2-4,7-8H2,1H3.